The molecule has 2 heterocycles. The Morgan fingerprint density at radius 1 is 1.28 bits per heavy atom. The van der Waals surface area contributed by atoms with Crippen molar-refractivity contribution in [3.63, 3.8) is 0 Å². The number of carbonyl (C=O) groups is 2. The highest BCUT2D eigenvalue weighted by Crippen LogP contribution is 2.40. The fourth-order valence-electron chi connectivity index (χ4n) is 2.95. The number of hydrogen-bond acceptors (Lipinski definition) is 6. The zero-order chi connectivity index (χ0) is 18.0. The monoisotopic (exact) mass is 378 g/mol. The molecule has 134 valence electrons. The fourth-order valence-corrected chi connectivity index (χ4v) is 5.34. The summed E-state index contributed by atoms with van der Waals surface area (Å²) in [7, 11) is 0. The van der Waals surface area contributed by atoms with E-state index in [1.165, 1.54) is 35.0 Å². The van der Waals surface area contributed by atoms with Crippen molar-refractivity contribution in [1.82, 2.24) is 20.6 Å². The van der Waals surface area contributed by atoms with E-state index in [9.17, 15) is 9.59 Å². The molecule has 3 rings (SSSR count). The molecule has 1 aliphatic rings. The molecule has 2 aromatic rings. The molecule has 0 aromatic carbocycles. The summed E-state index contributed by atoms with van der Waals surface area (Å²) in [6.45, 7) is 5.96. The van der Waals surface area contributed by atoms with Crippen molar-refractivity contribution < 1.29 is 9.59 Å². The van der Waals surface area contributed by atoms with E-state index in [2.05, 4.69) is 20.6 Å². The molecular weight excluding hydrogens is 356 g/mol. The van der Waals surface area contributed by atoms with Crippen molar-refractivity contribution in [2.45, 2.75) is 56.7 Å². The zero-order valence-corrected chi connectivity index (χ0v) is 16.3. The van der Waals surface area contributed by atoms with Gasteiger partial charge in [-0.25, -0.2) is 14.8 Å². The molecule has 0 bridgehead atoms. The van der Waals surface area contributed by atoms with Gasteiger partial charge in [-0.1, -0.05) is 11.8 Å². The number of nitrogens with one attached hydrogen (secondary N) is 2. The lowest BCUT2D eigenvalue weighted by molar-refractivity contribution is -0.119. The first-order valence-corrected chi connectivity index (χ1v) is 10.2. The van der Waals surface area contributed by atoms with Gasteiger partial charge in [0.15, 0.2) is 0 Å². The van der Waals surface area contributed by atoms with Crippen molar-refractivity contribution in [2.24, 2.45) is 0 Å². The van der Waals surface area contributed by atoms with Crippen LogP contribution in [0.15, 0.2) is 5.03 Å². The third-order valence-electron chi connectivity index (χ3n) is 4.12. The van der Waals surface area contributed by atoms with Gasteiger partial charge < -0.3 is 5.32 Å². The van der Waals surface area contributed by atoms with Gasteiger partial charge in [-0.05, 0) is 52.0 Å². The molecule has 2 aromatic heterocycles. The maximum atomic E-state index is 12.2. The highest BCUT2D eigenvalue weighted by molar-refractivity contribution is 8.00. The molecule has 1 unspecified atom stereocenters. The van der Waals surface area contributed by atoms with Crippen LogP contribution >= 0.6 is 23.1 Å². The predicted molar refractivity (Wildman–Crippen MR) is 101 cm³/mol. The molecule has 2 N–H and O–H groups in total. The van der Waals surface area contributed by atoms with Crippen LogP contribution in [-0.2, 0) is 17.6 Å². The number of aromatic nitrogens is 2. The van der Waals surface area contributed by atoms with E-state index in [1.54, 1.807) is 18.3 Å². The summed E-state index contributed by atoms with van der Waals surface area (Å²) in [4.78, 5) is 35.4. The first-order valence-electron chi connectivity index (χ1n) is 8.53. The highest BCUT2D eigenvalue weighted by Gasteiger charge is 2.24. The van der Waals surface area contributed by atoms with E-state index >= 15 is 0 Å². The third kappa shape index (κ3) is 3.95. The van der Waals surface area contributed by atoms with Gasteiger partial charge in [0.25, 0.3) is 0 Å². The molecule has 3 amide bonds. The Kier molecular flexibility index (Phi) is 5.58. The Morgan fingerprint density at radius 2 is 2.04 bits per heavy atom. The number of thioether (sulfide) groups is 1. The number of rotatable bonds is 4. The molecule has 0 saturated heterocycles. The number of thiophene rings is 1. The molecule has 6 nitrogen and oxygen atoms in total. The Labute approximate surface area is 155 Å². The predicted octanol–water partition coefficient (Wildman–Crippen LogP) is 3.20. The Bertz CT molecular complexity index is 819. The van der Waals surface area contributed by atoms with Crippen LogP contribution in [0.3, 0.4) is 0 Å². The van der Waals surface area contributed by atoms with E-state index in [-0.39, 0.29) is 5.91 Å². The molecule has 0 saturated carbocycles. The van der Waals surface area contributed by atoms with E-state index in [4.69, 9.17) is 0 Å². The number of fused-ring (bicyclic) bond motifs is 3. The molecule has 1 aliphatic carbocycles. The fraction of sp³-hybridized carbons (Fsp3) is 0.529. The number of amides is 3. The second kappa shape index (κ2) is 7.70. The van der Waals surface area contributed by atoms with Gasteiger partial charge in [0, 0.05) is 16.8 Å². The average molecular weight is 379 g/mol. The lowest BCUT2D eigenvalue weighted by atomic mass is 9.97. The normalized spacial score (nSPS) is 14.8. The molecule has 25 heavy (non-hydrogen) atoms. The molecule has 0 aliphatic heterocycles. The summed E-state index contributed by atoms with van der Waals surface area (Å²) in [6.07, 6.45) is 4.56. The average Bonchev–Trinajstić information content (AvgIpc) is 2.92. The van der Waals surface area contributed by atoms with Crippen LogP contribution in [0.25, 0.3) is 10.2 Å². The van der Waals surface area contributed by atoms with Crippen molar-refractivity contribution in [3.05, 3.63) is 16.3 Å². The molecule has 0 spiro atoms. The van der Waals surface area contributed by atoms with Crippen molar-refractivity contribution in [1.29, 1.82) is 0 Å². The van der Waals surface area contributed by atoms with Gasteiger partial charge in [-0.3, -0.25) is 10.1 Å². The van der Waals surface area contributed by atoms with Gasteiger partial charge >= 0.3 is 6.03 Å². The number of nitrogens with zero attached hydrogens (tertiary/aromatic N) is 2. The molecule has 8 heteroatoms. The summed E-state index contributed by atoms with van der Waals surface area (Å²) in [6, 6.07) is -0.461. The van der Waals surface area contributed by atoms with E-state index in [1.807, 2.05) is 13.8 Å². The second-order valence-corrected chi connectivity index (χ2v) is 8.49. The van der Waals surface area contributed by atoms with Crippen molar-refractivity contribution in [2.75, 3.05) is 6.54 Å². The summed E-state index contributed by atoms with van der Waals surface area (Å²) in [5, 5.41) is 6.47. The standard InChI is InChI=1S/C17H22N4O2S2/c1-4-18-17(23)21-14(22)9(2)24-15-13-11-7-5-6-8-12(11)25-16(13)20-10(3)19-15/h9H,4-8H2,1-3H3,(H2,18,21,22,23). The number of urea groups is 1. The van der Waals surface area contributed by atoms with Crippen LogP contribution in [0.4, 0.5) is 4.79 Å². The topological polar surface area (TPSA) is 84.0 Å². The van der Waals surface area contributed by atoms with Gasteiger partial charge in [-0.15, -0.1) is 11.3 Å². The lowest BCUT2D eigenvalue weighted by Crippen LogP contribution is -2.42. The maximum Gasteiger partial charge on any atom is 0.321 e. The minimum atomic E-state index is -0.461. The Morgan fingerprint density at radius 3 is 2.80 bits per heavy atom. The number of aryl methyl sites for hydroxylation is 3. The number of imide groups is 1. The molecular formula is C17H22N4O2S2. The van der Waals surface area contributed by atoms with E-state index in [0.29, 0.717) is 12.4 Å². The first kappa shape index (κ1) is 18.1. The van der Waals surface area contributed by atoms with Crippen LogP contribution in [0, 0.1) is 6.92 Å². The summed E-state index contributed by atoms with van der Waals surface area (Å²) in [5.41, 5.74) is 1.35. The highest BCUT2D eigenvalue weighted by atomic mass is 32.2. The van der Waals surface area contributed by atoms with Gasteiger partial charge in [-0.2, -0.15) is 0 Å². The summed E-state index contributed by atoms with van der Waals surface area (Å²) >= 11 is 3.15. The SMILES string of the molecule is CCNC(=O)NC(=O)C(C)Sc1nc(C)nc2sc3c(c12)CCCC3. The van der Waals surface area contributed by atoms with Gasteiger partial charge in [0.1, 0.15) is 15.7 Å². The zero-order valence-electron chi connectivity index (χ0n) is 14.6. The van der Waals surface area contributed by atoms with Gasteiger partial charge in [0.05, 0.1) is 5.25 Å². The van der Waals surface area contributed by atoms with Crippen LogP contribution in [0.5, 0.6) is 0 Å². The quantitative estimate of drug-likeness (QED) is 0.630. The number of carbonyl (C=O) groups excluding carboxylic acids is 2. The van der Waals surface area contributed by atoms with E-state index in [0.717, 1.165) is 28.1 Å². The lowest BCUT2D eigenvalue weighted by Gasteiger charge is -2.14. The van der Waals surface area contributed by atoms with Crippen LogP contribution in [-0.4, -0.2) is 33.7 Å². The van der Waals surface area contributed by atoms with E-state index < -0.39 is 11.3 Å². The van der Waals surface area contributed by atoms with Crippen LogP contribution in [0.2, 0.25) is 0 Å². The summed E-state index contributed by atoms with van der Waals surface area (Å²) in [5.74, 6) is 0.398. The number of hydrogen-bond donors (Lipinski definition) is 2. The van der Waals surface area contributed by atoms with Gasteiger partial charge in [0.2, 0.25) is 5.91 Å². The smallest absolute Gasteiger partial charge is 0.321 e. The third-order valence-corrected chi connectivity index (χ3v) is 6.40. The molecule has 0 fully saturated rings. The minimum Gasteiger partial charge on any atom is -0.338 e. The van der Waals surface area contributed by atoms with Crippen LogP contribution in [0.1, 0.15) is 43.0 Å². The Hall–Kier alpha value is -1.67. The van der Waals surface area contributed by atoms with Crippen molar-refractivity contribution in [3.8, 4) is 0 Å². The molecule has 0 radical (unpaired) electrons. The summed E-state index contributed by atoms with van der Waals surface area (Å²) < 4.78 is 0. The van der Waals surface area contributed by atoms with Crippen LogP contribution < -0.4 is 10.6 Å². The first-order chi connectivity index (χ1) is 12.0. The van der Waals surface area contributed by atoms with Crippen molar-refractivity contribution >= 4 is 45.3 Å². The molecule has 1 atom stereocenters. The Balaban J connectivity index is 1.86. The largest absolute Gasteiger partial charge is 0.338 e. The second-order valence-electron chi connectivity index (χ2n) is 6.08. The maximum absolute atomic E-state index is 12.2. The minimum absolute atomic E-state index is 0.315.